The van der Waals surface area contributed by atoms with Crippen LogP contribution >= 0.6 is 0 Å². The molecule has 3 N–H and O–H groups in total. The van der Waals surface area contributed by atoms with Crippen LogP contribution in [0, 0.1) is 5.41 Å². The van der Waals surface area contributed by atoms with Gasteiger partial charge in [0.05, 0.1) is 0 Å². The van der Waals surface area contributed by atoms with E-state index in [1.54, 1.807) is 0 Å². The average Bonchev–Trinajstić information content (AvgIpc) is 2.96. The van der Waals surface area contributed by atoms with E-state index in [4.69, 9.17) is 0 Å². The molecular weight excluding hydrogens is 284 g/mol. The van der Waals surface area contributed by atoms with Crippen LogP contribution in [0.15, 0.2) is 35.5 Å². The maximum absolute atomic E-state index is 4.35. The molecular formula is C19H28N4. The fourth-order valence-electron chi connectivity index (χ4n) is 3.48. The van der Waals surface area contributed by atoms with Crippen molar-refractivity contribution in [3.8, 4) is 0 Å². The minimum Gasteiger partial charge on any atom is -0.361 e. The molecule has 23 heavy (non-hydrogen) atoms. The van der Waals surface area contributed by atoms with E-state index in [-0.39, 0.29) is 0 Å². The van der Waals surface area contributed by atoms with Crippen molar-refractivity contribution in [3.63, 3.8) is 0 Å². The summed E-state index contributed by atoms with van der Waals surface area (Å²) in [6.07, 6.45) is 8.44. The summed E-state index contributed by atoms with van der Waals surface area (Å²) in [5, 5.41) is 8.27. The Labute approximate surface area is 138 Å². The highest BCUT2D eigenvalue weighted by Gasteiger charge is 2.34. The molecule has 1 fully saturated rings. The second kappa shape index (κ2) is 7.07. The Kier molecular flexibility index (Phi) is 4.89. The van der Waals surface area contributed by atoms with E-state index >= 15 is 0 Å². The Balaban J connectivity index is 1.49. The molecule has 0 bridgehead atoms. The van der Waals surface area contributed by atoms with Gasteiger partial charge in [0.1, 0.15) is 0 Å². The second-order valence-electron chi connectivity index (χ2n) is 6.67. The van der Waals surface area contributed by atoms with Crippen molar-refractivity contribution in [2.45, 2.75) is 39.0 Å². The number of fused-ring (bicyclic) bond motifs is 1. The maximum Gasteiger partial charge on any atom is 0.191 e. The summed E-state index contributed by atoms with van der Waals surface area (Å²) < 4.78 is 0. The highest BCUT2D eigenvalue weighted by atomic mass is 15.2. The molecule has 4 nitrogen and oxygen atoms in total. The van der Waals surface area contributed by atoms with E-state index in [0.717, 1.165) is 25.5 Å². The smallest absolute Gasteiger partial charge is 0.191 e. The van der Waals surface area contributed by atoms with Gasteiger partial charge in [-0.3, -0.25) is 4.99 Å². The Bertz CT molecular complexity index is 661. The number of hydrogen-bond donors (Lipinski definition) is 3. The first kappa shape index (κ1) is 15.9. The molecule has 1 heterocycles. The highest BCUT2D eigenvalue weighted by molar-refractivity contribution is 5.83. The normalized spacial score (nSPS) is 17.0. The van der Waals surface area contributed by atoms with Gasteiger partial charge >= 0.3 is 0 Å². The molecule has 0 unspecified atom stereocenters. The van der Waals surface area contributed by atoms with Gasteiger partial charge in [0.15, 0.2) is 5.96 Å². The van der Waals surface area contributed by atoms with Crippen molar-refractivity contribution in [2.75, 3.05) is 20.1 Å². The van der Waals surface area contributed by atoms with Crippen LogP contribution in [0.4, 0.5) is 0 Å². The van der Waals surface area contributed by atoms with Crippen LogP contribution < -0.4 is 10.6 Å². The van der Waals surface area contributed by atoms with Crippen LogP contribution in [0.25, 0.3) is 10.9 Å². The van der Waals surface area contributed by atoms with Crippen molar-refractivity contribution in [2.24, 2.45) is 10.4 Å². The van der Waals surface area contributed by atoms with E-state index in [1.165, 1.54) is 42.1 Å². The van der Waals surface area contributed by atoms with E-state index in [1.807, 2.05) is 7.05 Å². The van der Waals surface area contributed by atoms with E-state index in [9.17, 15) is 0 Å². The molecule has 0 aliphatic heterocycles. The molecule has 4 heteroatoms. The Hall–Kier alpha value is -1.97. The summed E-state index contributed by atoms with van der Waals surface area (Å²) in [6, 6.07) is 8.46. The number of nitrogens with one attached hydrogen (secondary N) is 3. The molecule has 0 atom stereocenters. The third kappa shape index (κ3) is 3.52. The first-order valence-corrected chi connectivity index (χ1v) is 8.76. The van der Waals surface area contributed by atoms with Crippen molar-refractivity contribution in [1.82, 2.24) is 15.6 Å². The zero-order valence-electron chi connectivity index (χ0n) is 14.3. The fraction of sp³-hybridized carbons (Fsp3) is 0.526. The summed E-state index contributed by atoms with van der Waals surface area (Å²) in [6.45, 7) is 4.23. The lowest BCUT2D eigenvalue weighted by Gasteiger charge is -2.41. The molecule has 1 saturated carbocycles. The largest absolute Gasteiger partial charge is 0.361 e. The van der Waals surface area contributed by atoms with Gasteiger partial charge in [0.25, 0.3) is 0 Å². The number of benzene rings is 1. The third-order valence-corrected chi connectivity index (χ3v) is 5.38. The van der Waals surface area contributed by atoms with Crippen LogP contribution in [-0.4, -0.2) is 31.1 Å². The number of nitrogens with zero attached hydrogens (tertiary/aromatic N) is 1. The zero-order valence-corrected chi connectivity index (χ0v) is 14.3. The summed E-state index contributed by atoms with van der Waals surface area (Å²) in [7, 11) is 1.85. The Morgan fingerprint density at radius 1 is 1.26 bits per heavy atom. The lowest BCUT2D eigenvalue weighted by Crippen LogP contribution is -2.46. The van der Waals surface area contributed by atoms with Gasteiger partial charge in [0, 0.05) is 37.2 Å². The minimum absolute atomic E-state index is 0.508. The molecule has 0 amide bonds. The maximum atomic E-state index is 4.35. The van der Waals surface area contributed by atoms with Crippen molar-refractivity contribution >= 4 is 16.9 Å². The predicted molar refractivity (Wildman–Crippen MR) is 97.9 cm³/mol. The molecule has 3 rings (SSSR count). The highest BCUT2D eigenvalue weighted by Crippen LogP contribution is 2.42. The van der Waals surface area contributed by atoms with E-state index in [2.05, 4.69) is 58.0 Å². The number of rotatable bonds is 6. The number of aliphatic imine (C=N–C) groups is 1. The predicted octanol–water partition coefficient (Wildman–Crippen LogP) is 3.46. The van der Waals surface area contributed by atoms with Crippen LogP contribution in [0.1, 0.15) is 38.2 Å². The van der Waals surface area contributed by atoms with Crippen molar-refractivity contribution < 1.29 is 0 Å². The standard InChI is InChI=1S/C19H28N4/c1-3-19(10-6-11-19)14-23-18(20-2)21-12-9-15-13-22-17-8-5-4-7-16(15)17/h4-5,7-8,13,22H,3,6,9-12,14H2,1-2H3,(H2,20,21,23). The Morgan fingerprint density at radius 2 is 2.09 bits per heavy atom. The fourth-order valence-corrected chi connectivity index (χ4v) is 3.48. The molecule has 124 valence electrons. The van der Waals surface area contributed by atoms with Gasteiger partial charge in [0.2, 0.25) is 0 Å². The molecule has 0 spiro atoms. The summed E-state index contributed by atoms with van der Waals surface area (Å²) in [5.41, 5.74) is 3.07. The number of para-hydroxylation sites is 1. The number of aromatic amines is 1. The van der Waals surface area contributed by atoms with Crippen molar-refractivity contribution in [1.29, 1.82) is 0 Å². The van der Waals surface area contributed by atoms with Crippen LogP contribution in [0.2, 0.25) is 0 Å². The van der Waals surface area contributed by atoms with E-state index in [0.29, 0.717) is 5.41 Å². The van der Waals surface area contributed by atoms with E-state index < -0.39 is 0 Å². The average molecular weight is 312 g/mol. The summed E-state index contributed by atoms with van der Waals surface area (Å²) >= 11 is 0. The molecule has 1 aliphatic rings. The molecule has 1 aromatic carbocycles. The van der Waals surface area contributed by atoms with Crippen LogP contribution in [0.5, 0.6) is 0 Å². The SMILES string of the molecule is CCC1(CNC(=NC)NCCc2c[nH]c3ccccc23)CCC1. The van der Waals surface area contributed by atoms with Gasteiger partial charge in [-0.2, -0.15) is 0 Å². The molecule has 0 radical (unpaired) electrons. The Morgan fingerprint density at radius 3 is 2.78 bits per heavy atom. The van der Waals surface area contributed by atoms with Gasteiger partial charge in [-0.25, -0.2) is 0 Å². The second-order valence-corrected chi connectivity index (χ2v) is 6.67. The minimum atomic E-state index is 0.508. The first-order chi connectivity index (χ1) is 11.3. The first-order valence-electron chi connectivity index (χ1n) is 8.76. The number of H-pyrrole nitrogens is 1. The molecule has 2 aromatic rings. The van der Waals surface area contributed by atoms with Gasteiger partial charge < -0.3 is 15.6 Å². The topological polar surface area (TPSA) is 52.2 Å². The lowest BCUT2D eigenvalue weighted by molar-refractivity contribution is 0.131. The van der Waals surface area contributed by atoms with Crippen molar-refractivity contribution in [3.05, 3.63) is 36.0 Å². The molecule has 1 aromatic heterocycles. The monoisotopic (exact) mass is 312 g/mol. The summed E-state index contributed by atoms with van der Waals surface area (Å²) in [5.74, 6) is 0.921. The molecule has 0 saturated heterocycles. The van der Waals surface area contributed by atoms with Crippen LogP contribution in [0.3, 0.4) is 0 Å². The lowest BCUT2D eigenvalue weighted by atomic mass is 9.67. The number of aromatic nitrogens is 1. The number of hydrogen-bond acceptors (Lipinski definition) is 1. The van der Waals surface area contributed by atoms with Gasteiger partial charge in [-0.15, -0.1) is 0 Å². The zero-order chi connectivity index (χ0) is 16.1. The quantitative estimate of drug-likeness (QED) is 0.565. The van der Waals surface area contributed by atoms with Gasteiger partial charge in [-0.05, 0) is 42.7 Å². The number of guanidine groups is 1. The van der Waals surface area contributed by atoms with Gasteiger partial charge in [-0.1, -0.05) is 31.5 Å². The molecule has 1 aliphatic carbocycles. The third-order valence-electron chi connectivity index (χ3n) is 5.38. The van der Waals surface area contributed by atoms with Crippen LogP contribution in [-0.2, 0) is 6.42 Å². The summed E-state index contributed by atoms with van der Waals surface area (Å²) in [4.78, 5) is 7.69.